The highest BCUT2D eigenvalue weighted by Gasteiger charge is 2.03. The number of ether oxygens (including phenoxy) is 1. The molecule has 0 heterocycles. The molecule has 1 aromatic rings. The fourth-order valence-electron chi connectivity index (χ4n) is 1.40. The Hall–Kier alpha value is -0.860. The molecule has 1 atom stereocenters. The van der Waals surface area contributed by atoms with Gasteiger partial charge in [0.1, 0.15) is 0 Å². The van der Waals surface area contributed by atoms with E-state index in [4.69, 9.17) is 10.5 Å². The van der Waals surface area contributed by atoms with Crippen LogP contribution in [0.1, 0.15) is 18.1 Å². The molecule has 2 heteroatoms. The van der Waals surface area contributed by atoms with Crippen LogP contribution in [0.2, 0.25) is 0 Å². The lowest BCUT2D eigenvalue weighted by molar-refractivity contribution is 0.184. The van der Waals surface area contributed by atoms with Crippen molar-refractivity contribution in [3.05, 3.63) is 35.4 Å². The van der Waals surface area contributed by atoms with E-state index in [1.807, 2.05) is 19.1 Å². The van der Waals surface area contributed by atoms with Crippen molar-refractivity contribution < 1.29 is 4.74 Å². The van der Waals surface area contributed by atoms with Gasteiger partial charge in [0.15, 0.2) is 0 Å². The monoisotopic (exact) mass is 179 g/mol. The normalized spacial score (nSPS) is 12.8. The molecule has 0 aliphatic heterocycles. The maximum atomic E-state index is 5.75. The molecule has 0 spiro atoms. The van der Waals surface area contributed by atoms with Crippen molar-refractivity contribution >= 4 is 0 Å². The minimum atomic E-state index is 0.206. The molecule has 2 nitrogen and oxygen atoms in total. The molecule has 2 N–H and O–H groups in total. The van der Waals surface area contributed by atoms with E-state index in [9.17, 15) is 0 Å². The molecule has 0 amide bonds. The number of methoxy groups -OCH3 is 1. The molecule has 0 fully saturated rings. The largest absolute Gasteiger partial charge is 0.380 e. The van der Waals surface area contributed by atoms with Gasteiger partial charge in [0.2, 0.25) is 0 Å². The highest BCUT2D eigenvalue weighted by Crippen LogP contribution is 2.11. The Balaban J connectivity index is 2.78. The van der Waals surface area contributed by atoms with Crippen LogP contribution in [0.5, 0.6) is 0 Å². The summed E-state index contributed by atoms with van der Waals surface area (Å²) in [6, 6.07) is 8.47. The van der Waals surface area contributed by atoms with Crippen molar-refractivity contribution in [2.24, 2.45) is 5.73 Å². The Morgan fingerprint density at radius 1 is 1.31 bits per heavy atom. The first-order valence-electron chi connectivity index (χ1n) is 4.55. The molecule has 0 aliphatic rings. The third-order valence-electron chi connectivity index (χ3n) is 1.96. The Bertz CT molecular complexity index is 258. The van der Waals surface area contributed by atoms with E-state index in [1.165, 1.54) is 11.1 Å². The SMILES string of the molecule is COCc1ccccc1CC(C)N. The summed E-state index contributed by atoms with van der Waals surface area (Å²) in [7, 11) is 1.71. The van der Waals surface area contributed by atoms with Gasteiger partial charge >= 0.3 is 0 Å². The summed E-state index contributed by atoms with van der Waals surface area (Å²) in [5.41, 5.74) is 8.28. The first kappa shape index (κ1) is 10.2. The van der Waals surface area contributed by atoms with Gasteiger partial charge in [-0.25, -0.2) is 0 Å². The lowest BCUT2D eigenvalue weighted by atomic mass is 10.0. The van der Waals surface area contributed by atoms with Gasteiger partial charge < -0.3 is 10.5 Å². The molecule has 0 aromatic heterocycles. The van der Waals surface area contributed by atoms with Crippen LogP contribution in [0.3, 0.4) is 0 Å². The van der Waals surface area contributed by atoms with Crippen molar-refractivity contribution in [3.8, 4) is 0 Å². The standard InChI is InChI=1S/C11H17NO/c1-9(12)7-10-5-3-4-6-11(10)8-13-2/h3-6,9H,7-8,12H2,1-2H3. The Morgan fingerprint density at radius 2 is 1.92 bits per heavy atom. The molecule has 1 rings (SSSR count). The zero-order chi connectivity index (χ0) is 9.68. The number of nitrogens with two attached hydrogens (primary N) is 1. The van der Waals surface area contributed by atoms with Crippen LogP contribution >= 0.6 is 0 Å². The predicted molar refractivity (Wildman–Crippen MR) is 54.5 cm³/mol. The number of rotatable bonds is 4. The molecule has 0 saturated carbocycles. The van der Waals surface area contributed by atoms with Crippen LogP contribution in [-0.2, 0) is 17.8 Å². The van der Waals surface area contributed by atoms with Gasteiger partial charge in [0, 0.05) is 13.2 Å². The highest BCUT2D eigenvalue weighted by molar-refractivity contribution is 5.27. The van der Waals surface area contributed by atoms with Crippen molar-refractivity contribution in [2.75, 3.05) is 7.11 Å². The Kier molecular flexibility index (Phi) is 3.93. The molecule has 72 valence electrons. The molecule has 0 radical (unpaired) electrons. The fourth-order valence-corrected chi connectivity index (χ4v) is 1.40. The Morgan fingerprint density at radius 3 is 2.46 bits per heavy atom. The van der Waals surface area contributed by atoms with Crippen LogP contribution in [0, 0.1) is 0 Å². The molecule has 13 heavy (non-hydrogen) atoms. The number of hydrogen-bond acceptors (Lipinski definition) is 2. The van der Waals surface area contributed by atoms with Gasteiger partial charge in [0.05, 0.1) is 6.61 Å². The average molecular weight is 179 g/mol. The molecule has 0 bridgehead atoms. The summed E-state index contributed by atoms with van der Waals surface area (Å²) >= 11 is 0. The lowest BCUT2D eigenvalue weighted by Gasteiger charge is -2.10. The van der Waals surface area contributed by atoms with E-state index in [0.717, 1.165) is 6.42 Å². The van der Waals surface area contributed by atoms with E-state index in [2.05, 4.69) is 12.1 Å². The molecular formula is C11H17NO. The average Bonchev–Trinajstić information content (AvgIpc) is 2.08. The first-order valence-corrected chi connectivity index (χ1v) is 4.55. The molecule has 1 unspecified atom stereocenters. The summed E-state index contributed by atoms with van der Waals surface area (Å²) in [6.45, 7) is 2.69. The quantitative estimate of drug-likeness (QED) is 0.764. The number of hydrogen-bond donors (Lipinski definition) is 1. The zero-order valence-corrected chi connectivity index (χ0v) is 8.29. The van der Waals surface area contributed by atoms with Crippen LogP contribution in [0.4, 0.5) is 0 Å². The molecular weight excluding hydrogens is 162 g/mol. The van der Waals surface area contributed by atoms with Crippen LogP contribution in [-0.4, -0.2) is 13.2 Å². The van der Waals surface area contributed by atoms with Gasteiger partial charge in [-0.1, -0.05) is 24.3 Å². The third kappa shape index (κ3) is 3.17. The highest BCUT2D eigenvalue weighted by atomic mass is 16.5. The van der Waals surface area contributed by atoms with Crippen molar-refractivity contribution in [3.63, 3.8) is 0 Å². The van der Waals surface area contributed by atoms with Crippen LogP contribution in [0.15, 0.2) is 24.3 Å². The van der Waals surface area contributed by atoms with Crippen molar-refractivity contribution in [2.45, 2.75) is 26.0 Å². The maximum Gasteiger partial charge on any atom is 0.0715 e. The minimum absolute atomic E-state index is 0.206. The second-order valence-electron chi connectivity index (χ2n) is 3.38. The summed E-state index contributed by atoms with van der Waals surface area (Å²) < 4.78 is 5.11. The minimum Gasteiger partial charge on any atom is -0.380 e. The van der Waals surface area contributed by atoms with Crippen molar-refractivity contribution in [1.29, 1.82) is 0 Å². The Labute approximate surface area is 79.7 Å². The molecule has 1 aromatic carbocycles. The number of benzene rings is 1. The van der Waals surface area contributed by atoms with Gasteiger partial charge in [0.25, 0.3) is 0 Å². The van der Waals surface area contributed by atoms with Gasteiger partial charge in [-0.3, -0.25) is 0 Å². The maximum absolute atomic E-state index is 5.75. The summed E-state index contributed by atoms with van der Waals surface area (Å²) in [5, 5.41) is 0. The second kappa shape index (κ2) is 5.00. The fraction of sp³-hybridized carbons (Fsp3) is 0.455. The third-order valence-corrected chi connectivity index (χ3v) is 1.96. The van der Waals surface area contributed by atoms with E-state index in [1.54, 1.807) is 7.11 Å². The zero-order valence-electron chi connectivity index (χ0n) is 8.29. The van der Waals surface area contributed by atoms with Gasteiger partial charge in [-0.2, -0.15) is 0 Å². The van der Waals surface area contributed by atoms with E-state index >= 15 is 0 Å². The van der Waals surface area contributed by atoms with Crippen molar-refractivity contribution in [1.82, 2.24) is 0 Å². The van der Waals surface area contributed by atoms with Gasteiger partial charge in [-0.05, 0) is 24.5 Å². The van der Waals surface area contributed by atoms with Gasteiger partial charge in [-0.15, -0.1) is 0 Å². The molecule has 0 saturated heterocycles. The summed E-state index contributed by atoms with van der Waals surface area (Å²) in [6.07, 6.45) is 0.916. The lowest BCUT2D eigenvalue weighted by Crippen LogP contribution is -2.18. The van der Waals surface area contributed by atoms with E-state index in [-0.39, 0.29) is 6.04 Å². The smallest absolute Gasteiger partial charge is 0.0715 e. The second-order valence-corrected chi connectivity index (χ2v) is 3.38. The van der Waals surface area contributed by atoms with E-state index < -0.39 is 0 Å². The first-order chi connectivity index (χ1) is 6.24. The predicted octanol–water partition coefficient (Wildman–Crippen LogP) is 1.72. The summed E-state index contributed by atoms with van der Waals surface area (Å²) in [5.74, 6) is 0. The molecule has 0 aliphatic carbocycles. The van der Waals surface area contributed by atoms with Crippen LogP contribution < -0.4 is 5.73 Å². The van der Waals surface area contributed by atoms with E-state index in [0.29, 0.717) is 6.61 Å². The van der Waals surface area contributed by atoms with Crippen LogP contribution in [0.25, 0.3) is 0 Å². The topological polar surface area (TPSA) is 35.2 Å². The summed E-state index contributed by atoms with van der Waals surface area (Å²) in [4.78, 5) is 0.